The molecule has 5 nitrogen and oxygen atoms in total. The van der Waals surface area contributed by atoms with E-state index in [1.54, 1.807) is 18.5 Å². The molecule has 0 spiro atoms. The zero-order valence-electron chi connectivity index (χ0n) is 14.3. The van der Waals surface area contributed by atoms with Gasteiger partial charge in [0.15, 0.2) is 0 Å². The summed E-state index contributed by atoms with van der Waals surface area (Å²) in [6.07, 6.45) is 3.33. The predicted octanol–water partition coefficient (Wildman–Crippen LogP) is 3.77. The third-order valence-corrected chi connectivity index (χ3v) is 3.94. The minimum atomic E-state index is -0.227. The number of amides is 1. The molecule has 1 amide bonds. The van der Waals surface area contributed by atoms with Crippen LogP contribution in [0.2, 0.25) is 0 Å². The number of rotatable bonds is 5. The zero-order valence-corrected chi connectivity index (χ0v) is 14.3. The molecule has 25 heavy (non-hydrogen) atoms. The van der Waals surface area contributed by atoms with Crippen LogP contribution in [0.5, 0.6) is 0 Å². The summed E-state index contributed by atoms with van der Waals surface area (Å²) in [6.45, 7) is 4.52. The van der Waals surface area contributed by atoms with Gasteiger partial charge < -0.3 is 10.6 Å². The summed E-state index contributed by atoms with van der Waals surface area (Å²) >= 11 is 0. The van der Waals surface area contributed by atoms with Gasteiger partial charge in [0.25, 0.3) is 5.91 Å². The van der Waals surface area contributed by atoms with Crippen molar-refractivity contribution in [1.29, 1.82) is 0 Å². The van der Waals surface area contributed by atoms with E-state index in [2.05, 4.69) is 46.6 Å². The molecule has 0 unspecified atom stereocenters. The molecule has 0 aliphatic rings. The summed E-state index contributed by atoms with van der Waals surface area (Å²) < 4.78 is 0. The first-order chi connectivity index (χ1) is 12.1. The molecule has 2 aromatic heterocycles. The van der Waals surface area contributed by atoms with E-state index in [1.165, 1.54) is 11.1 Å². The zero-order chi connectivity index (χ0) is 17.6. The quantitative estimate of drug-likeness (QED) is 0.746. The van der Waals surface area contributed by atoms with Crippen LogP contribution < -0.4 is 10.6 Å². The van der Waals surface area contributed by atoms with Crippen molar-refractivity contribution in [2.75, 3.05) is 5.32 Å². The lowest BCUT2D eigenvalue weighted by Crippen LogP contribution is -2.24. The van der Waals surface area contributed by atoms with Crippen LogP contribution in [-0.4, -0.2) is 15.9 Å². The molecule has 2 N–H and O–H groups in total. The predicted molar refractivity (Wildman–Crippen MR) is 98.8 cm³/mol. The summed E-state index contributed by atoms with van der Waals surface area (Å²) in [5.74, 6) is -0.227. The Balaban J connectivity index is 1.68. The number of aromatic nitrogens is 2. The van der Waals surface area contributed by atoms with E-state index >= 15 is 0 Å². The number of aryl methyl sites for hydroxylation is 2. The van der Waals surface area contributed by atoms with Gasteiger partial charge in [-0.3, -0.25) is 14.8 Å². The van der Waals surface area contributed by atoms with Crippen molar-refractivity contribution >= 4 is 17.3 Å². The number of anilines is 2. The molecule has 0 bridgehead atoms. The molecule has 0 aliphatic heterocycles. The standard InChI is InChI=1S/C20H20N4O/c1-14-6-7-16(11-15(14)2)24-17-8-10-22-19(12-17)20(25)23-13-18-5-3-4-9-21-18/h3-12H,13H2,1-2H3,(H,22,24)(H,23,25). The number of hydrogen-bond acceptors (Lipinski definition) is 4. The van der Waals surface area contributed by atoms with Crippen LogP contribution in [0.15, 0.2) is 60.9 Å². The van der Waals surface area contributed by atoms with Gasteiger partial charge in [-0.2, -0.15) is 0 Å². The average Bonchev–Trinajstić information content (AvgIpc) is 2.64. The molecule has 0 atom stereocenters. The van der Waals surface area contributed by atoms with Crippen molar-refractivity contribution in [2.45, 2.75) is 20.4 Å². The maximum absolute atomic E-state index is 12.3. The lowest BCUT2D eigenvalue weighted by Gasteiger charge is -2.10. The van der Waals surface area contributed by atoms with Gasteiger partial charge in [0.1, 0.15) is 5.69 Å². The van der Waals surface area contributed by atoms with Crippen molar-refractivity contribution < 1.29 is 4.79 Å². The number of pyridine rings is 2. The van der Waals surface area contributed by atoms with Crippen LogP contribution >= 0.6 is 0 Å². The van der Waals surface area contributed by atoms with Gasteiger partial charge in [0, 0.05) is 23.8 Å². The second kappa shape index (κ2) is 7.57. The minimum absolute atomic E-state index is 0.227. The first-order valence-electron chi connectivity index (χ1n) is 8.10. The third-order valence-electron chi connectivity index (χ3n) is 3.94. The van der Waals surface area contributed by atoms with Crippen LogP contribution in [0.1, 0.15) is 27.3 Å². The molecular weight excluding hydrogens is 312 g/mol. The fourth-order valence-electron chi connectivity index (χ4n) is 2.38. The van der Waals surface area contributed by atoms with Gasteiger partial charge in [0.05, 0.1) is 12.2 Å². The smallest absolute Gasteiger partial charge is 0.270 e. The Labute approximate surface area is 147 Å². The van der Waals surface area contributed by atoms with Crippen LogP contribution in [0.3, 0.4) is 0 Å². The van der Waals surface area contributed by atoms with Crippen molar-refractivity contribution in [2.24, 2.45) is 0 Å². The molecule has 0 fully saturated rings. The lowest BCUT2D eigenvalue weighted by molar-refractivity contribution is 0.0945. The highest BCUT2D eigenvalue weighted by atomic mass is 16.1. The fraction of sp³-hybridized carbons (Fsp3) is 0.150. The van der Waals surface area contributed by atoms with E-state index in [4.69, 9.17) is 0 Å². The van der Waals surface area contributed by atoms with Crippen LogP contribution in [0, 0.1) is 13.8 Å². The Hall–Kier alpha value is -3.21. The molecule has 1 aromatic carbocycles. The highest BCUT2D eigenvalue weighted by molar-refractivity contribution is 5.93. The van der Waals surface area contributed by atoms with Gasteiger partial charge in [-0.1, -0.05) is 12.1 Å². The van der Waals surface area contributed by atoms with E-state index in [0.717, 1.165) is 17.1 Å². The van der Waals surface area contributed by atoms with E-state index < -0.39 is 0 Å². The molecule has 2 heterocycles. The topological polar surface area (TPSA) is 66.9 Å². The van der Waals surface area contributed by atoms with E-state index in [9.17, 15) is 4.79 Å². The highest BCUT2D eigenvalue weighted by Crippen LogP contribution is 2.19. The maximum Gasteiger partial charge on any atom is 0.270 e. The summed E-state index contributed by atoms with van der Waals surface area (Å²) in [5.41, 5.74) is 5.43. The van der Waals surface area contributed by atoms with Crippen LogP contribution in [0.25, 0.3) is 0 Å². The van der Waals surface area contributed by atoms with Gasteiger partial charge in [-0.05, 0) is 61.4 Å². The van der Waals surface area contributed by atoms with Crippen molar-refractivity contribution in [1.82, 2.24) is 15.3 Å². The number of benzene rings is 1. The Morgan fingerprint density at radius 3 is 2.52 bits per heavy atom. The van der Waals surface area contributed by atoms with Gasteiger partial charge >= 0.3 is 0 Å². The monoisotopic (exact) mass is 332 g/mol. The summed E-state index contributed by atoms with van der Waals surface area (Å²) in [5, 5.41) is 6.14. The average molecular weight is 332 g/mol. The molecule has 0 radical (unpaired) electrons. The summed E-state index contributed by atoms with van der Waals surface area (Å²) in [6, 6.07) is 15.3. The molecule has 3 aromatic rings. The first kappa shape index (κ1) is 16.6. The number of carbonyl (C=O) groups is 1. The van der Waals surface area contributed by atoms with Crippen molar-refractivity contribution in [3.63, 3.8) is 0 Å². The Bertz CT molecular complexity index is 878. The second-order valence-electron chi connectivity index (χ2n) is 5.86. The molecule has 0 saturated carbocycles. The fourth-order valence-corrected chi connectivity index (χ4v) is 2.38. The highest BCUT2D eigenvalue weighted by Gasteiger charge is 2.08. The number of nitrogens with zero attached hydrogens (tertiary/aromatic N) is 2. The molecule has 5 heteroatoms. The lowest BCUT2D eigenvalue weighted by atomic mass is 10.1. The SMILES string of the molecule is Cc1ccc(Nc2ccnc(C(=O)NCc3ccccn3)c2)cc1C. The molecule has 0 aliphatic carbocycles. The number of hydrogen-bond donors (Lipinski definition) is 2. The Kier molecular flexibility index (Phi) is 5.04. The van der Waals surface area contributed by atoms with E-state index in [1.807, 2.05) is 30.3 Å². The van der Waals surface area contributed by atoms with Crippen LogP contribution in [-0.2, 0) is 6.54 Å². The van der Waals surface area contributed by atoms with Gasteiger partial charge in [-0.25, -0.2) is 0 Å². The third kappa shape index (κ3) is 4.41. The van der Waals surface area contributed by atoms with Crippen molar-refractivity contribution in [3.05, 3.63) is 83.4 Å². The summed E-state index contributed by atoms with van der Waals surface area (Å²) in [7, 11) is 0. The molecule has 0 saturated heterocycles. The largest absolute Gasteiger partial charge is 0.355 e. The molecule has 3 rings (SSSR count). The Morgan fingerprint density at radius 2 is 1.76 bits per heavy atom. The normalized spacial score (nSPS) is 10.3. The van der Waals surface area contributed by atoms with Crippen LogP contribution in [0.4, 0.5) is 11.4 Å². The van der Waals surface area contributed by atoms with Gasteiger partial charge in [0.2, 0.25) is 0 Å². The molecular formula is C20H20N4O. The maximum atomic E-state index is 12.3. The minimum Gasteiger partial charge on any atom is -0.355 e. The second-order valence-corrected chi connectivity index (χ2v) is 5.86. The first-order valence-corrected chi connectivity index (χ1v) is 8.10. The van der Waals surface area contributed by atoms with Gasteiger partial charge in [-0.15, -0.1) is 0 Å². The Morgan fingerprint density at radius 1 is 0.920 bits per heavy atom. The molecule has 126 valence electrons. The van der Waals surface area contributed by atoms with E-state index in [0.29, 0.717) is 12.2 Å². The number of nitrogens with one attached hydrogen (secondary N) is 2. The number of carbonyl (C=O) groups excluding carboxylic acids is 1. The van der Waals surface area contributed by atoms with Crippen molar-refractivity contribution in [3.8, 4) is 0 Å². The van der Waals surface area contributed by atoms with E-state index in [-0.39, 0.29) is 5.91 Å². The summed E-state index contributed by atoms with van der Waals surface area (Å²) in [4.78, 5) is 20.6.